The van der Waals surface area contributed by atoms with Crippen LogP contribution in [0.4, 0.5) is 0 Å². The molecule has 129 valence electrons. The fourth-order valence-electron chi connectivity index (χ4n) is 3.46. The molecule has 5 heteroatoms. The maximum absolute atomic E-state index is 2.45. The summed E-state index contributed by atoms with van der Waals surface area (Å²) in [5, 5.41) is 1.65. The van der Waals surface area contributed by atoms with Crippen molar-refractivity contribution >= 4 is 58.0 Å². The van der Waals surface area contributed by atoms with Gasteiger partial charge in [0.15, 0.2) is 0 Å². The molecule has 0 aromatic heterocycles. The van der Waals surface area contributed by atoms with Gasteiger partial charge in [-0.3, -0.25) is 0 Å². The van der Waals surface area contributed by atoms with E-state index in [1.54, 1.807) is 16.3 Å². The summed E-state index contributed by atoms with van der Waals surface area (Å²) in [6.07, 6.45) is 7.07. The molecule has 1 unspecified atom stereocenters. The number of hydrogen-bond acceptors (Lipinski definition) is 0. The van der Waals surface area contributed by atoms with E-state index in [0.717, 1.165) is 12.8 Å². The van der Waals surface area contributed by atoms with Gasteiger partial charge in [0, 0.05) is 0 Å². The SMILES string of the molecule is CCc1cccc([SiH2][C]2([Ti])C=Cc3ccccc32)c1CC.Cl.Cl.Cl. The van der Waals surface area contributed by atoms with Crippen LogP contribution < -0.4 is 5.19 Å². The summed E-state index contributed by atoms with van der Waals surface area (Å²) in [5.74, 6) is 0. The minimum atomic E-state index is -0.398. The Kier molecular flexibility index (Phi) is 10.2. The Bertz CT molecular complexity index is 703. The molecular weight excluding hydrogens is 411 g/mol. The summed E-state index contributed by atoms with van der Waals surface area (Å²) in [5.41, 5.74) is 6.10. The van der Waals surface area contributed by atoms with Crippen molar-refractivity contribution in [3.8, 4) is 0 Å². The molecule has 0 fully saturated rings. The zero-order valence-electron chi connectivity index (χ0n) is 14.0. The Labute approximate surface area is 178 Å². The van der Waals surface area contributed by atoms with Crippen LogP contribution in [0.5, 0.6) is 0 Å². The first-order valence-electron chi connectivity index (χ1n) is 7.81. The van der Waals surface area contributed by atoms with Crippen LogP contribution in [0.2, 0.25) is 0 Å². The third kappa shape index (κ3) is 4.58. The van der Waals surface area contributed by atoms with Gasteiger partial charge < -0.3 is 0 Å². The van der Waals surface area contributed by atoms with Crippen molar-refractivity contribution < 1.29 is 20.4 Å². The number of fused-ring (bicyclic) bond motifs is 1. The monoisotopic (exact) mass is 433 g/mol. The maximum atomic E-state index is 2.45. The van der Waals surface area contributed by atoms with Gasteiger partial charge in [0.1, 0.15) is 0 Å². The van der Waals surface area contributed by atoms with Crippen LogP contribution in [0.25, 0.3) is 6.08 Å². The van der Waals surface area contributed by atoms with Crippen molar-refractivity contribution in [2.24, 2.45) is 0 Å². The third-order valence-corrected chi connectivity index (χ3v) is 8.29. The number of rotatable bonds is 4. The molecule has 0 spiro atoms. The molecule has 0 saturated heterocycles. The van der Waals surface area contributed by atoms with Crippen molar-refractivity contribution in [1.82, 2.24) is 0 Å². The summed E-state index contributed by atoms with van der Waals surface area (Å²) in [6.45, 7) is 4.57. The molecule has 0 amide bonds. The van der Waals surface area contributed by atoms with Gasteiger partial charge in [0.25, 0.3) is 0 Å². The molecule has 2 aromatic rings. The zero-order chi connectivity index (χ0) is 14.9. The molecule has 24 heavy (non-hydrogen) atoms. The second kappa shape index (κ2) is 10.2. The Balaban J connectivity index is 0.00000176. The molecule has 3 rings (SSSR count). The molecule has 0 aliphatic heterocycles. The van der Waals surface area contributed by atoms with E-state index in [2.05, 4.69) is 88.9 Å². The molecule has 0 radical (unpaired) electrons. The largest absolute Gasteiger partial charge is 0.147 e. The fourth-order valence-corrected chi connectivity index (χ4v) is 7.13. The molecule has 2 aromatic carbocycles. The summed E-state index contributed by atoms with van der Waals surface area (Å²) in [7, 11) is -0.398. The molecule has 0 nitrogen and oxygen atoms in total. The van der Waals surface area contributed by atoms with Crippen LogP contribution in [0.15, 0.2) is 48.5 Å². The fraction of sp³-hybridized carbons (Fsp3) is 0.263. The Morgan fingerprint density at radius 1 is 0.917 bits per heavy atom. The van der Waals surface area contributed by atoms with E-state index in [1.807, 2.05) is 0 Å². The molecule has 0 N–H and O–H groups in total. The van der Waals surface area contributed by atoms with E-state index in [1.165, 1.54) is 11.1 Å². The van der Waals surface area contributed by atoms with Crippen LogP contribution in [0.1, 0.15) is 36.1 Å². The van der Waals surface area contributed by atoms with Gasteiger partial charge in [0.05, 0.1) is 0 Å². The van der Waals surface area contributed by atoms with Crippen molar-refractivity contribution in [3.63, 3.8) is 0 Å². The van der Waals surface area contributed by atoms with Gasteiger partial charge in [-0.25, -0.2) is 0 Å². The molecule has 0 bridgehead atoms. The number of aryl methyl sites for hydroxylation is 1. The zero-order valence-corrected chi connectivity index (χ0v) is 19.5. The first-order chi connectivity index (χ1) is 10.2. The van der Waals surface area contributed by atoms with E-state index in [0.29, 0.717) is 0 Å². The summed E-state index contributed by atoms with van der Waals surface area (Å²) < 4.78 is 0.271. The standard InChI is InChI=1S/C19H21Si.3ClH.Ti/c1-3-14-9-7-11-18(16(14)4-2)20-19-13-12-15-8-5-6-10-17(15)19;;;;/h5-13H,3-4,20H2,1-2H3;3*1H;. The van der Waals surface area contributed by atoms with Gasteiger partial charge >= 0.3 is 142 Å². The van der Waals surface area contributed by atoms with Crippen molar-refractivity contribution in [3.05, 3.63) is 70.8 Å². The molecule has 1 atom stereocenters. The summed E-state index contributed by atoms with van der Waals surface area (Å²) >= 11 is 2.43. The van der Waals surface area contributed by atoms with Gasteiger partial charge in [-0.1, -0.05) is 0 Å². The minimum absolute atomic E-state index is 0. The van der Waals surface area contributed by atoms with Gasteiger partial charge in [-0.15, -0.1) is 37.2 Å². The molecule has 1 aliphatic carbocycles. The van der Waals surface area contributed by atoms with Crippen molar-refractivity contribution in [2.45, 2.75) is 30.0 Å². The first-order valence-corrected chi connectivity index (χ1v) is 10.0. The van der Waals surface area contributed by atoms with E-state index in [9.17, 15) is 0 Å². The predicted octanol–water partition coefficient (Wildman–Crippen LogP) is 4.30. The van der Waals surface area contributed by atoms with E-state index in [-0.39, 0.29) is 40.6 Å². The summed E-state index contributed by atoms with van der Waals surface area (Å²) in [4.78, 5) is 0. The van der Waals surface area contributed by atoms with E-state index in [4.69, 9.17) is 0 Å². The number of halogens is 3. The smallest absolute Gasteiger partial charge is 0.147 e. The van der Waals surface area contributed by atoms with Crippen molar-refractivity contribution in [1.29, 1.82) is 0 Å². The van der Waals surface area contributed by atoms with Crippen LogP contribution in [0.3, 0.4) is 0 Å². The molecule has 1 aliphatic rings. The van der Waals surface area contributed by atoms with Crippen molar-refractivity contribution in [2.75, 3.05) is 0 Å². The topological polar surface area (TPSA) is 0 Å². The van der Waals surface area contributed by atoms with Gasteiger partial charge in [-0.2, -0.15) is 0 Å². The van der Waals surface area contributed by atoms with E-state index >= 15 is 0 Å². The Morgan fingerprint density at radius 3 is 2.29 bits per heavy atom. The molecular formula is C19H24Cl3SiTi. The Hall–Kier alpha value is -0.0188. The van der Waals surface area contributed by atoms with Gasteiger partial charge in [0.2, 0.25) is 0 Å². The normalized spacial score (nSPS) is 17.7. The van der Waals surface area contributed by atoms with E-state index < -0.39 is 9.52 Å². The predicted molar refractivity (Wildman–Crippen MR) is 112 cm³/mol. The molecule has 0 saturated carbocycles. The third-order valence-electron chi connectivity index (χ3n) is 4.56. The Morgan fingerprint density at radius 2 is 1.62 bits per heavy atom. The van der Waals surface area contributed by atoms with Gasteiger partial charge in [-0.05, 0) is 0 Å². The van der Waals surface area contributed by atoms with Crippen LogP contribution in [0, 0.1) is 0 Å². The average molecular weight is 435 g/mol. The average Bonchev–Trinajstić information content (AvgIpc) is 2.85. The number of allylic oxidation sites excluding steroid dienone is 1. The van der Waals surface area contributed by atoms with Crippen LogP contribution >= 0.6 is 37.2 Å². The van der Waals surface area contributed by atoms with Crippen LogP contribution in [-0.2, 0) is 36.6 Å². The number of hydrogen-bond donors (Lipinski definition) is 0. The first kappa shape index (κ1) is 24.0. The maximum Gasteiger partial charge on any atom is -0.147 e. The second-order valence-corrected chi connectivity index (χ2v) is 10.6. The quantitative estimate of drug-likeness (QED) is 0.630. The number of benzene rings is 2. The summed E-state index contributed by atoms with van der Waals surface area (Å²) in [6, 6.07) is 15.8. The van der Waals surface area contributed by atoms with Crippen LogP contribution in [-0.4, -0.2) is 9.52 Å². The molecule has 0 heterocycles. The second-order valence-electron chi connectivity index (χ2n) is 5.83. The minimum Gasteiger partial charge on any atom is -0.147 e.